The lowest BCUT2D eigenvalue weighted by molar-refractivity contribution is -0.384. The van der Waals surface area contributed by atoms with Crippen LogP contribution in [0.2, 0.25) is 0 Å². The van der Waals surface area contributed by atoms with Gasteiger partial charge in [0.25, 0.3) is 5.69 Å². The van der Waals surface area contributed by atoms with Crippen LogP contribution in [0.1, 0.15) is 24.9 Å². The minimum atomic E-state index is -0.800. The Labute approximate surface area is 133 Å². The van der Waals surface area contributed by atoms with Crippen LogP contribution >= 0.6 is 0 Å². The molecule has 1 aromatic carbocycles. The molecular formula is C15H18N2O6. The molecule has 1 rings (SSSR count). The number of ether oxygens (including phenoxy) is 2. The molecule has 1 N–H and O–H groups in total. The quantitative estimate of drug-likeness (QED) is 0.341. The fourth-order valence-electron chi connectivity index (χ4n) is 1.81. The number of benzene rings is 1. The molecule has 0 saturated carbocycles. The molecule has 1 atom stereocenters. The van der Waals surface area contributed by atoms with Crippen LogP contribution in [0.25, 0.3) is 0 Å². The molecule has 0 radical (unpaired) electrons. The van der Waals surface area contributed by atoms with E-state index >= 15 is 0 Å². The van der Waals surface area contributed by atoms with Crippen LogP contribution in [0.15, 0.2) is 36.9 Å². The first kappa shape index (κ1) is 18.1. The number of nitro groups is 1. The molecule has 0 spiro atoms. The van der Waals surface area contributed by atoms with Crippen molar-refractivity contribution in [3.05, 3.63) is 52.6 Å². The lowest BCUT2D eigenvalue weighted by Crippen LogP contribution is -2.31. The van der Waals surface area contributed by atoms with E-state index in [0.29, 0.717) is 5.56 Å². The third-order valence-electron chi connectivity index (χ3n) is 2.78. The number of alkyl carbamates (subject to hydrolysis) is 1. The number of carbonyl (C=O) groups is 2. The van der Waals surface area contributed by atoms with E-state index in [1.807, 2.05) is 0 Å². The highest BCUT2D eigenvalue weighted by Crippen LogP contribution is 2.22. The Morgan fingerprint density at radius 2 is 2.17 bits per heavy atom. The molecule has 1 aromatic rings. The molecule has 124 valence electrons. The van der Waals surface area contributed by atoms with Gasteiger partial charge >= 0.3 is 12.1 Å². The molecule has 0 aromatic heterocycles. The monoisotopic (exact) mass is 322 g/mol. The van der Waals surface area contributed by atoms with E-state index in [1.165, 1.54) is 24.3 Å². The van der Waals surface area contributed by atoms with Gasteiger partial charge in [0.05, 0.1) is 24.0 Å². The number of nitrogens with zero attached hydrogens (tertiary/aromatic N) is 1. The predicted molar refractivity (Wildman–Crippen MR) is 81.8 cm³/mol. The lowest BCUT2D eigenvalue weighted by Gasteiger charge is -2.18. The van der Waals surface area contributed by atoms with Crippen LogP contribution in [0.4, 0.5) is 10.5 Å². The van der Waals surface area contributed by atoms with Gasteiger partial charge in [-0.1, -0.05) is 24.8 Å². The molecule has 0 aliphatic heterocycles. The van der Waals surface area contributed by atoms with Crippen LogP contribution < -0.4 is 5.32 Å². The summed E-state index contributed by atoms with van der Waals surface area (Å²) >= 11 is 0. The summed E-state index contributed by atoms with van der Waals surface area (Å²) in [6.45, 7) is 5.28. The zero-order valence-corrected chi connectivity index (χ0v) is 12.7. The Bertz CT molecular complexity index is 587. The van der Waals surface area contributed by atoms with Gasteiger partial charge in [-0.25, -0.2) is 4.79 Å². The van der Waals surface area contributed by atoms with Crippen molar-refractivity contribution in [2.45, 2.75) is 19.4 Å². The Morgan fingerprint density at radius 1 is 1.43 bits per heavy atom. The van der Waals surface area contributed by atoms with Gasteiger partial charge in [0.1, 0.15) is 6.61 Å². The maximum Gasteiger partial charge on any atom is 0.407 e. The van der Waals surface area contributed by atoms with E-state index in [9.17, 15) is 19.7 Å². The number of hydrogen-bond donors (Lipinski definition) is 1. The van der Waals surface area contributed by atoms with Gasteiger partial charge in [0.15, 0.2) is 0 Å². The number of nitro benzene ring substituents is 1. The van der Waals surface area contributed by atoms with Gasteiger partial charge in [-0.05, 0) is 12.5 Å². The largest absolute Gasteiger partial charge is 0.466 e. The van der Waals surface area contributed by atoms with Crippen molar-refractivity contribution in [1.29, 1.82) is 0 Å². The average Bonchev–Trinajstić information content (AvgIpc) is 2.52. The van der Waals surface area contributed by atoms with Gasteiger partial charge in [-0.15, -0.1) is 0 Å². The first-order chi connectivity index (χ1) is 11.0. The fourth-order valence-corrected chi connectivity index (χ4v) is 1.81. The SMILES string of the molecule is C=CCOC(=O)N[C@H](CC(=O)OCC)c1cccc([N+](=O)[O-])c1. The van der Waals surface area contributed by atoms with Crippen molar-refractivity contribution >= 4 is 17.7 Å². The highest BCUT2D eigenvalue weighted by atomic mass is 16.6. The van der Waals surface area contributed by atoms with Gasteiger partial charge in [-0.2, -0.15) is 0 Å². The minimum absolute atomic E-state index is 0.00684. The Balaban J connectivity index is 2.95. The number of hydrogen-bond acceptors (Lipinski definition) is 6. The van der Waals surface area contributed by atoms with E-state index in [-0.39, 0.29) is 25.3 Å². The van der Waals surface area contributed by atoms with Gasteiger partial charge < -0.3 is 14.8 Å². The molecule has 0 unspecified atom stereocenters. The topological polar surface area (TPSA) is 108 Å². The standard InChI is InChI=1S/C15H18N2O6/c1-3-8-23-15(19)16-13(10-14(18)22-4-2)11-6-5-7-12(9-11)17(20)21/h3,5-7,9,13H,1,4,8,10H2,2H3,(H,16,19)/t13-/m1/s1. The van der Waals surface area contributed by atoms with Crippen molar-refractivity contribution in [1.82, 2.24) is 5.32 Å². The van der Waals surface area contributed by atoms with Gasteiger partial charge in [0.2, 0.25) is 0 Å². The molecule has 0 aliphatic carbocycles. The summed E-state index contributed by atoms with van der Waals surface area (Å²) in [5.41, 5.74) is 0.264. The van der Waals surface area contributed by atoms with Crippen molar-refractivity contribution in [3.63, 3.8) is 0 Å². The fraction of sp³-hybridized carbons (Fsp3) is 0.333. The summed E-state index contributed by atoms with van der Waals surface area (Å²) in [4.78, 5) is 33.7. The number of amides is 1. The normalized spacial score (nSPS) is 11.2. The first-order valence-electron chi connectivity index (χ1n) is 6.92. The number of non-ortho nitro benzene ring substituents is 1. The van der Waals surface area contributed by atoms with Crippen molar-refractivity contribution in [3.8, 4) is 0 Å². The highest BCUT2D eigenvalue weighted by molar-refractivity contribution is 5.73. The van der Waals surface area contributed by atoms with Crippen LogP contribution in [-0.2, 0) is 14.3 Å². The second-order valence-electron chi connectivity index (χ2n) is 4.45. The maximum absolute atomic E-state index is 11.7. The zero-order chi connectivity index (χ0) is 17.2. The van der Waals surface area contributed by atoms with E-state index in [4.69, 9.17) is 9.47 Å². The summed E-state index contributed by atoms with van der Waals surface area (Å²) in [6.07, 6.45) is 0.469. The number of rotatable bonds is 8. The summed E-state index contributed by atoms with van der Waals surface area (Å²) in [7, 11) is 0. The van der Waals surface area contributed by atoms with Crippen molar-refractivity contribution in [2.24, 2.45) is 0 Å². The van der Waals surface area contributed by atoms with Crippen LogP contribution in [0.3, 0.4) is 0 Å². The Hall–Kier alpha value is -2.90. The summed E-state index contributed by atoms with van der Waals surface area (Å²) in [5.74, 6) is -0.534. The molecule has 0 heterocycles. The smallest absolute Gasteiger partial charge is 0.407 e. The average molecular weight is 322 g/mol. The third kappa shape index (κ3) is 6.16. The lowest BCUT2D eigenvalue weighted by atomic mass is 10.0. The third-order valence-corrected chi connectivity index (χ3v) is 2.78. The summed E-state index contributed by atoms with van der Waals surface area (Å²) in [5, 5.41) is 13.3. The van der Waals surface area contributed by atoms with E-state index < -0.39 is 23.0 Å². The number of esters is 1. The molecule has 0 fully saturated rings. The number of nitrogens with one attached hydrogen (secondary N) is 1. The van der Waals surface area contributed by atoms with Crippen LogP contribution in [0.5, 0.6) is 0 Å². The van der Waals surface area contributed by atoms with E-state index in [2.05, 4.69) is 11.9 Å². The molecule has 1 amide bonds. The molecule has 23 heavy (non-hydrogen) atoms. The molecular weight excluding hydrogens is 304 g/mol. The van der Waals surface area contributed by atoms with E-state index in [0.717, 1.165) is 0 Å². The molecule has 8 heteroatoms. The van der Waals surface area contributed by atoms with Gasteiger partial charge in [0, 0.05) is 12.1 Å². The maximum atomic E-state index is 11.7. The molecule has 0 bridgehead atoms. The van der Waals surface area contributed by atoms with Crippen LogP contribution in [0, 0.1) is 10.1 Å². The van der Waals surface area contributed by atoms with Crippen molar-refractivity contribution in [2.75, 3.05) is 13.2 Å². The summed E-state index contributed by atoms with van der Waals surface area (Å²) < 4.78 is 9.66. The van der Waals surface area contributed by atoms with Gasteiger partial charge in [-0.3, -0.25) is 14.9 Å². The first-order valence-corrected chi connectivity index (χ1v) is 6.92. The number of carbonyl (C=O) groups excluding carboxylic acids is 2. The highest BCUT2D eigenvalue weighted by Gasteiger charge is 2.21. The predicted octanol–water partition coefficient (Wildman–Crippen LogP) is 2.50. The van der Waals surface area contributed by atoms with E-state index in [1.54, 1.807) is 13.0 Å². The Morgan fingerprint density at radius 3 is 2.78 bits per heavy atom. The molecule has 0 saturated heterocycles. The zero-order valence-electron chi connectivity index (χ0n) is 12.7. The molecule has 8 nitrogen and oxygen atoms in total. The summed E-state index contributed by atoms with van der Waals surface area (Å²) in [6, 6.07) is 4.86. The van der Waals surface area contributed by atoms with Crippen LogP contribution in [-0.4, -0.2) is 30.2 Å². The minimum Gasteiger partial charge on any atom is -0.466 e. The second kappa shape index (κ2) is 9.19. The molecule has 0 aliphatic rings. The Kier molecular flexibility index (Phi) is 7.25. The second-order valence-corrected chi connectivity index (χ2v) is 4.45. The van der Waals surface area contributed by atoms with Crippen molar-refractivity contribution < 1.29 is 24.0 Å².